The number of fused-ring (bicyclic) bond motifs is 1. The Morgan fingerprint density at radius 1 is 1.26 bits per heavy atom. The Morgan fingerprint density at radius 3 is 2.94 bits per heavy atom. The third kappa shape index (κ3) is 5.91. The van der Waals surface area contributed by atoms with E-state index in [1.54, 1.807) is 24.4 Å². The van der Waals surface area contributed by atoms with E-state index in [-0.39, 0.29) is 6.61 Å². The van der Waals surface area contributed by atoms with Gasteiger partial charge in [0.05, 0.1) is 10.2 Å². The predicted octanol–water partition coefficient (Wildman–Crippen LogP) is 4.59. The first kappa shape index (κ1) is 21.9. The van der Waals surface area contributed by atoms with Crippen LogP contribution in [0.4, 0.5) is 4.79 Å². The predicted molar refractivity (Wildman–Crippen MR) is 125 cm³/mol. The highest BCUT2D eigenvalue weighted by atomic mass is 33.1. The number of ether oxygens (including phenoxy) is 2. The van der Waals surface area contributed by atoms with Crippen LogP contribution < -0.4 is 4.74 Å². The van der Waals surface area contributed by atoms with Crippen LogP contribution in [-0.2, 0) is 9.53 Å². The molecule has 0 fully saturated rings. The van der Waals surface area contributed by atoms with Crippen molar-refractivity contribution in [2.45, 2.75) is 11.1 Å². The standard InChI is InChI=1S/C19H15N3O5S4/c23-18(24)13-10-28-16(22-13)17-21-12-5-4-11(9-14(12)30-17)27-19(25)26-7-8-29-31-15-3-1-2-6-20-15/h1-6,9,13H,7-8,10H2,(H,23,24)/t13-/m1/s1. The van der Waals surface area contributed by atoms with Crippen molar-refractivity contribution in [1.82, 2.24) is 9.97 Å². The summed E-state index contributed by atoms with van der Waals surface area (Å²) in [7, 11) is 3.05. The molecule has 0 saturated carbocycles. The van der Waals surface area contributed by atoms with Crippen LogP contribution in [0, 0.1) is 0 Å². The number of carboxylic acids is 1. The van der Waals surface area contributed by atoms with Crippen molar-refractivity contribution >= 4 is 72.1 Å². The average molecular weight is 494 g/mol. The van der Waals surface area contributed by atoms with Gasteiger partial charge in [-0.15, -0.1) is 23.1 Å². The maximum atomic E-state index is 11.9. The normalized spacial score (nSPS) is 15.6. The number of aromatic nitrogens is 2. The number of hydrogen-bond donors (Lipinski definition) is 1. The molecule has 3 heterocycles. The number of carboxylic acid groups (broad SMARTS) is 1. The van der Waals surface area contributed by atoms with Crippen molar-refractivity contribution in [3.63, 3.8) is 0 Å². The molecule has 3 aromatic rings. The maximum absolute atomic E-state index is 11.9. The summed E-state index contributed by atoms with van der Waals surface area (Å²) in [6.07, 6.45) is 0.958. The highest BCUT2D eigenvalue weighted by Gasteiger charge is 2.26. The van der Waals surface area contributed by atoms with Gasteiger partial charge in [-0.05, 0) is 35.1 Å². The molecule has 2 aromatic heterocycles. The molecule has 0 spiro atoms. The molecule has 1 N–H and O–H groups in total. The third-order valence-corrected chi connectivity index (χ3v) is 8.29. The van der Waals surface area contributed by atoms with E-state index in [0.29, 0.717) is 27.3 Å². The summed E-state index contributed by atoms with van der Waals surface area (Å²) >= 11 is 2.75. The lowest BCUT2D eigenvalue weighted by Gasteiger charge is -2.05. The van der Waals surface area contributed by atoms with Gasteiger partial charge in [-0.2, -0.15) is 0 Å². The highest BCUT2D eigenvalue weighted by Crippen LogP contribution is 2.32. The van der Waals surface area contributed by atoms with Crippen molar-refractivity contribution in [3.8, 4) is 5.75 Å². The molecule has 160 valence electrons. The largest absolute Gasteiger partial charge is 0.513 e. The summed E-state index contributed by atoms with van der Waals surface area (Å²) in [5.74, 6) is 0.420. The van der Waals surface area contributed by atoms with E-state index in [0.717, 1.165) is 15.2 Å². The molecule has 1 atom stereocenters. The number of carbonyl (C=O) groups excluding carboxylic acids is 1. The van der Waals surface area contributed by atoms with Crippen molar-refractivity contribution < 1.29 is 24.2 Å². The van der Waals surface area contributed by atoms with Gasteiger partial charge in [-0.1, -0.05) is 16.9 Å². The van der Waals surface area contributed by atoms with Gasteiger partial charge in [0.1, 0.15) is 27.4 Å². The first-order chi connectivity index (χ1) is 15.1. The molecule has 12 heteroatoms. The number of thiazole rings is 1. The minimum absolute atomic E-state index is 0.220. The topological polar surface area (TPSA) is 111 Å². The number of benzene rings is 1. The van der Waals surface area contributed by atoms with Crippen LogP contribution >= 0.6 is 44.7 Å². The third-order valence-electron chi connectivity index (χ3n) is 3.85. The number of aliphatic carboxylic acids is 1. The molecule has 31 heavy (non-hydrogen) atoms. The van der Waals surface area contributed by atoms with Crippen molar-refractivity contribution in [1.29, 1.82) is 0 Å². The zero-order valence-corrected chi connectivity index (χ0v) is 19.1. The van der Waals surface area contributed by atoms with Gasteiger partial charge < -0.3 is 14.6 Å². The van der Waals surface area contributed by atoms with Gasteiger partial charge in [0.2, 0.25) is 0 Å². The molecule has 0 saturated heterocycles. The number of nitrogens with zero attached hydrogens (tertiary/aromatic N) is 3. The van der Waals surface area contributed by atoms with Gasteiger partial charge in [-0.3, -0.25) is 4.99 Å². The molecule has 0 unspecified atom stereocenters. The molecule has 1 aliphatic heterocycles. The van der Waals surface area contributed by atoms with Crippen LogP contribution in [-0.4, -0.2) is 56.4 Å². The minimum atomic E-state index is -0.938. The van der Waals surface area contributed by atoms with Crippen LogP contribution in [0.1, 0.15) is 5.01 Å². The Balaban J connectivity index is 1.28. The molecule has 0 radical (unpaired) electrons. The molecule has 4 rings (SSSR count). The fraction of sp³-hybridized carbons (Fsp3) is 0.211. The number of aliphatic imine (C=N–C) groups is 1. The van der Waals surface area contributed by atoms with E-state index in [4.69, 9.17) is 14.6 Å². The second kappa shape index (κ2) is 10.4. The Kier molecular flexibility index (Phi) is 7.33. The molecule has 0 amide bonds. The summed E-state index contributed by atoms with van der Waals surface area (Å²) in [5, 5.41) is 11.3. The quantitative estimate of drug-likeness (QED) is 0.207. The number of pyridine rings is 1. The smallest absolute Gasteiger partial charge is 0.480 e. The Morgan fingerprint density at radius 2 is 2.16 bits per heavy atom. The molecule has 1 aliphatic rings. The van der Waals surface area contributed by atoms with Crippen LogP contribution in [0.25, 0.3) is 10.2 Å². The monoisotopic (exact) mass is 493 g/mol. The van der Waals surface area contributed by atoms with E-state index in [2.05, 4.69) is 15.0 Å². The molecule has 0 aliphatic carbocycles. The van der Waals surface area contributed by atoms with E-state index in [9.17, 15) is 9.59 Å². The minimum Gasteiger partial charge on any atom is -0.480 e. The van der Waals surface area contributed by atoms with E-state index in [1.807, 2.05) is 18.2 Å². The van der Waals surface area contributed by atoms with Gasteiger partial charge in [0.15, 0.2) is 6.04 Å². The summed E-state index contributed by atoms with van der Waals surface area (Å²) < 4.78 is 11.2. The summed E-state index contributed by atoms with van der Waals surface area (Å²) in [6.45, 7) is 0.220. The average Bonchev–Trinajstić information content (AvgIpc) is 3.41. The summed E-state index contributed by atoms with van der Waals surface area (Å²) in [4.78, 5) is 35.9. The van der Waals surface area contributed by atoms with Crippen molar-refractivity contribution in [2.24, 2.45) is 4.99 Å². The molecule has 0 bridgehead atoms. The lowest BCUT2D eigenvalue weighted by Crippen LogP contribution is -2.17. The van der Waals surface area contributed by atoms with Crippen LogP contribution in [0.5, 0.6) is 5.75 Å². The van der Waals surface area contributed by atoms with Crippen LogP contribution in [0.15, 0.2) is 52.6 Å². The molecular weight excluding hydrogens is 478 g/mol. The molecule has 1 aromatic carbocycles. The van der Waals surface area contributed by atoms with Gasteiger partial charge in [0.25, 0.3) is 0 Å². The fourth-order valence-electron chi connectivity index (χ4n) is 2.46. The van der Waals surface area contributed by atoms with E-state index in [1.165, 1.54) is 44.7 Å². The lowest BCUT2D eigenvalue weighted by molar-refractivity contribution is -0.137. The van der Waals surface area contributed by atoms with Gasteiger partial charge in [0, 0.05) is 23.8 Å². The second-order valence-electron chi connectivity index (χ2n) is 6.02. The molecule has 8 nitrogen and oxygen atoms in total. The van der Waals surface area contributed by atoms with Crippen LogP contribution in [0.2, 0.25) is 0 Å². The fourth-order valence-corrected chi connectivity index (χ4v) is 6.26. The summed E-state index contributed by atoms with van der Waals surface area (Å²) in [5.41, 5.74) is 0.728. The Bertz CT molecular complexity index is 1120. The first-order valence-electron chi connectivity index (χ1n) is 8.98. The first-order valence-corrected chi connectivity index (χ1v) is 13.1. The second-order valence-corrected chi connectivity index (χ2v) is 10.5. The zero-order valence-electron chi connectivity index (χ0n) is 15.8. The number of carbonyl (C=O) groups is 2. The van der Waals surface area contributed by atoms with Crippen molar-refractivity contribution in [2.75, 3.05) is 18.1 Å². The summed E-state index contributed by atoms with van der Waals surface area (Å²) in [6, 6.07) is 10.0. The number of thioether (sulfide) groups is 1. The molecular formula is C19H15N3O5S4. The lowest BCUT2D eigenvalue weighted by atomic mass is 10.3. The van der Waals surface area contributed by atoms with E-state index < -0.39 is 18.2 Å². The van der Waals surface area contributed by atoms with E-state index >= 15 is 0 Å². The maximum Gasteiger partial charge on any atom is 0.513 e. The van der Waals surface area contributed by atoms with Gasteiger partial charge in [-0.25, -0.2) is 19.6 Å². The Labute approximate surface area is 193 Å². The van der Waals surface area contributed by atoms with Gasteiger partial charge >= 0.3 is 12.1 Å². The number of hydrogen-bond acceptors (Lipinski definition) is 11. The zero-order chi connectivity index (χ0) is 21.6. The number of rotatable bonds is 8. The van der Waals surface area contributed by atoms with Crippen molar-refractivity contribution in [3.05, 3.63) is 47.6 Å². The SMILES string of the molecule is O=C(OCCSSc1ccccn1)Oc1ccc2nc(C3=N[C@@H](C(=O)O)CS3)sc2c1. The van der Waals surface area contributed by atoms with Crippen LogP contribution in [0.3, 0.4) is 0 Å². The highest BCUT2D eigenvalue weighted by molar-refractivity contribution is 8.76. The Hall–Kier alpha value is -2.28.